The Morgan fingerprint density at radius 3 is 2.18 bits per heavy atom. The maximum absolute atomic E-state index is 13.1. The molecule has 0 spiro atoms. The van der Waals surface area contributed by atoms with Crippen LogP contribution in [0.15, 0.2) is 49.1 Å². The minimum Gasteiger partial charge on any atom is -0.464 e. The molecule has 1 atom stereocenters. The zero-order chi connectivity index (χ0) is 25.0. The third kappa shape index (κ3) is 5.65. The number of esters is 1. The van der Waals surface area contributed by atoms with Crippen LogP contribution in [0.25, 0.3) is 21.8 Å². The number of hydrogen-bond donors (Lipinski definition) is 1. The first-order valence-corrected chi connectivity index (χ1v) is 11.4. The Kier molecular flexibility index (Phi) is 7.44. The third-order valence-electron chi connectivity index (χ3n) is 5.24. The highest BCUT2D eigenvalue weighted by atomic mass is 16.6. The van der Waals surface area contributed by atoms with Gasteiger partial charge in [0.2, 0.25) is 5.91 Å². The summed E-state index contributed by atoms with van der Waals surface area (Å²) >= 11 is 0. The van der Waals surface area contributed by atoms with E-state index in [9.17, 15) is 14.4 Å². The van der Waals surface area contributed by atoms with Crippen LogP contribution in [0.4, 0.5) is 4.79 Å². The summed E-state index contributed by atoms with van der Waals surface area (Å²) in [6.07, 6.45) is 2.33. The van der Waals surface area contributed by atoms with E-state index in [1.807, 2.05) is 63.2 Å². The van der Waals surface area contributed by atoms with E-state index in [0.717, 1.165) is 27.4 Å². The number of hydrogen-bond acceptors (Lipinski definition) is 5. The normalized spacial score (nSPS) is 12.4. The zero-order valence-electron chi connectivity index (χ0n) is 20.4. The molecule has 3 rings (SSSR count). The molecule has 1 heterocycles. The Morgan fingerprint density at radius 1 is 1.06 bits per heavy atom. The van der Waals surface area contributed by atoms with Crippen molar-refractivity contribution in [2.45, 2.75) is 59.1 Å². The molecule has 1 unspecified atom stereocenters. The lowest BCUT2D eigenvalue weighted by Gasteiger charge is -2.20. The van der Waals surface area contributed by atoms with Gasteiger partial charge in [-0.25, -0.2) is 14.2 Å². The van der Waals surface area contributed by atoms with E-state index in [0.29, 0.717) is 11.9 Å². The molecule has 0 bridgehead atoms. The molecule has 0 aliphatic heterocycles. The van der Waals surface area contributed by atoms with Crippen LogP contribution in [0.2, 0.25) is 0 Å². The van der Waals surface area contributed by atoms with Gasteiger partial charge in [-0.05, 0) is 69.5 Å². The van der Waals surface area contributed by atoms with Crippen LogP contribution in [-0.2, 0) is 31.9 Å². The van der Waals surface area contributed by atoms with Crippen LogP contribution < -0.4 is 5.32 Å². The Labute approximate surface area is 199 Å². The van der Waals surface area contributed by atoms with Crippen molar-refractivity contribution in [1.29, 1.82) is 0 Å². The number of ether oxygens (including phenoxy) is 2. The SMILES string of the molecule is C=CCc1ccc2c(c1)c1cc(CC(NC(C)=O)C(=O)OCC)ccc1n2C(=O)OC(C)(C)C. The second kappa shape index (κ2) is 10.1. The van der Waals surface area contributed by atoms with Gasteiger partial charge in [0, 0.05) is 24.1 Å². The maximum atomic E-state index is 13.1. The number of nitrogens with zero attached hydrogens (tertiary/aromatic N) is 1. The van der Waals surface area contributed by atoms with Gasteiger partial charge >= 0.3 is 12.1 Å². The number of carbonyl (C=O) groups excluding carboxylic acids is 3. The van der Waals surface area contributed by atoms with Gasteiger partial charge < -0.3 is 14.8 Å². The number of nitrogens with one attached hydrogen (secondary N) is 1. The van der Waals surface area contributed by atoms with Crippen molar-refractivity contribution in [3.8, 4) is 0 Å². The minimum absolute atomic E-state index is 0.226. The predicted octanol–water partition coefficient (Wildman–Crippen LogP) is 4.92. The van der Waals surface area contributed by atoms with Gasteiger partial charge in [-0.1, -0.05) is 18.2 Å². The molecule has 7 heteroatoms. The first-order valence-electron chi connectivity index (χ1n) is 11.4. The monoisotopic (exact) mass is 464 g/mol. The lowest BCUT2D eigenvalue weighted by atomic mass is 10.0. The quantitative estimate of drug-likeness (QED) is 0.396. The summed E-state index contributed by atoms with van der Waals surface area (Å²) in [6, 6.07) is 10.8. The van der Waals surface area contributed by atoms with Crippen molar-refractivity contribution < 1.29 is 23.9 Å². The van der Waals surface area contributed by atoms with E-state index in [4.69, 9.17) is 9.47 Å². The Balaban J connectivity index is 2.14. The van der Waals surface area contributed by atoms with E-state index < -0.39 is 23.7 Å². The van der Waals surface area contributed by atoms with Crippen molar-refractivity contribution in [2.75, 3.05) is 6.61 Å². The standard InChI is InChI=1S/C27H32N2O5/c1-7-9-18-10-12-23-20(14-18)21-15-19(16-22(28-17(3)30)25(31)33-8-2)11-13-24(21)29(23)26(32)34-27(4,5)6/h7,10-15,22H,1,8-9,16H2,2-6H3,(H,28,30). The van der Waals surface area contributed by atoms with Crippen LogP contribution in [0.5, 0.6) is 0 Å². The van der Waals surface area contributed by atoms with Crippen LogP contribution in [0.1, 0.15) is 45.7 Å². The molecule has 0 radical (unpaired) electrons. The van der Waals surface area contributed by atoms with Crippen molar-refractivity contribution >= 4 is 39.8 Å². The molecule has 180 valence electrons. The number of carbonyl (C=O) groups is 3. The molecular formula is C27H32N2O5. The zero-order valence-corrected chi connectivity index (χ0v) is 20.4. The highest BCUT2D eigenvalue weighted by Crippen LogP contribution is 2.32. The summed E-state index contributed by atoms with van der Waals surface area (Å²) in [7, 11) is 0. The molecular weight excluding hydrogens is 432 g/mol. The van der Waals surface area contributed by atoms with Gasteiger partial charge in [-0.3, -0.25) is 4.79 Å². The van der Waals surface area contributed by atoms with Crippen molar-refractivity contribution in [3.05, 3.63) is 60.2 Å². The van der Waals surface area contributed by atoms with Gasteiger partial charge in [0.1, 0.15) is 11.6 Å². The largest absolute Gasteiger partial charge is 0.464 e. The summed E-state index contributed by atoms with van der Waals surface area (Å²) < 4.78 is 12.4. The van der Waals surface area contributed by atoms with Crippen molar-refractivity contribution in [1.82, 2.24) is 9.88 Å². The fourth-order valence-corrected chi connectivity index (χ4v) is 3.96. The van der Waals surface area contributed by atoms with E-state index >= 15 is 0 Å². The summed E-state index contributed by atoms with van der Waals surface area (Å²) in [6.45, 7) is 12.6. The number of rotatable bonds is 7. The molecule has 1 amide bonds. The Morgan fingerprint density at radius 2 is 1.65 bits per heavy atom. The molecule has 1 aromatic heterocycles. The number of benzene rings is 2. The van der Waals surface area contributed by atoms with Crippen LogP contribution >= 0.6 is 0 Å². The Bertz CT molecular complexity index is 1250. The fourth-order valence-electron chi connectivity index (χ4n) is 3.96. The number of aromatic nitrogens is 1. The molecule has 7 nitrogen and oxygen atoms in total. The molecule has 0 aliphatic rings. The van der Waals surface area contributed by atoms with E-state index in [2.05, 4.69) is 11.9 Å². The third-order valence-corrected chi connectivity index (χ3v) is 5.24. The average Bonchev–Trinajstić information content (AvgIpc) is 3.05. The number of fused-ring (bicyclic) bond motifs is 3. The highest BCUT2D eigenvalue weighted by Gasteiger charge is 2.24. The van der Waals surface area contributed by atoms with Crippen molar-refractivity contribution in [2.24, 2.45) is 0 Å². The van der Waals surface area contributed by atoms with Gasteiger partial charge in [0.25, 0.3) is 0 Å². The molecule has 0 saturated carbocycles. The first-order chi connectivity index (χ1) is 16.0. The van der Waals surface area contributed by atoms with Gasteiger partial charge in [0.15, 0.2) is 0 Å². The van der Waals surface area contributed by atoms with Crippen LogP contribution in [0.3, 0.4) is 0 Å². The van der Waals surface area contributed by atoms with E-state index in [1.165, 1.54) is 6.92 Å². The highest BCUT2D eigenvalue weighted by molar-refractivity contribution is 6.13. The molecule has 2 aromatic carbocycles. The molecule has 0 aliphatic carbocycles. The molecule has 0 fully saturated rings. The second-order valence-corrected chi connectivity index (χ2v) is 9.22. The van der Waals surface area contributed by atoms with Gasteiger partial charge in [0.05, 0.1) is 17.6 Å². The second-order valence-electron chi connectivity index (χ2n) is 9.22. The summed E-state index contributed by atoms with van der Waals surface area (Å²) in [5.41, 5.74) is 2.69. The van der Waals surface area contributed by atoms with Crippen LogP contribution in [-0.4, -0.2) is 40.8 Å². The smallest absolute Gasteiger partial charge is 0.419 e. The molecule has 3 aromatic rings. The fraction of sp³-hybridized carbons (Fsp3) is 0.370. The lowest BCUT2D eigenvalue weighted by molar-refractivity contribution is -0.147. The summed E-state index contributed by atoms with van der Waals surface area (Å²) in [5, 5.41) is 4.42. The minimum atomic E-state index is -0.801. The molecule has 1 N–H and O–H groups in total. The molecule has 34 heavy (non-hydrogen) atoms. The van der Waals surface area contributed by atoms with Gasteiger partial charge in [-0.15, -0.1) is 6.58 Å². The summed E-state index contributed by atoms with van der Waals surface area (Å²) in [4.78, 5) is 37.2. The van der Waals surface area contributed by atoms with Gasteiger partial charge in [-0.2, -0.15) is 0 Å². The van der Waals surface area contributed by atoms with E-state index in [-0.39, 0.29) is 18.9 Å². The topological polar surface area (TPSA) is 86.6 Å². The average molecular weight is 465 g/mol. The number of amides is 1. The predicted molar refractivity (Wildman–Crippen MR) is 133 cm³/mol. The summed E-state index contributed by atoms with van der Waals surface area (Å²) in [5.74, 6) is -0.794. The van der Waals surface area contributed by atoms with E-state index in [1.54, 1.807) is 11.5 Å². The van der Waals surface area contributed by atoms with Crippen molar-refractivity contribution in [3.63, 3.8) is 0 Å². The lowest BCUT2D eigenvalue weighted by Crippen LogP contribution is -2.42. The Hall–Kier alpha value is -3.61. The maximum Gasteiger partial charge on any atom is 0.419 e. The first kappa shape index (κ1) is 25.0. The molecule has 0 saturated heterocycles. The van der Waals surface area contributed by atoms with Crippen LogP contribution in [0, 0.1) is 0 Å². The number of allylic oxidation sites excluding steroid dienone is 1.